The predicted octanol–water partition coefficient (Wildman–Crippen LogP) is 2.95. The highest BCUT2D eigenvalue weighted by atomic mass is 16.5. The van der Waals surface area contributed by atoms with Crippen LogP contribution >= 0.6 is 0 Å². The second-order valence-electron chi connectivity index (χ2n) is 9.31. The van der Waals surface area contributed by atoms with E-state index < -0.39 is 5.41 Å². The molecule has 0 radical (unpaired) electrons. The molecular weight excluding hydrogens is 408 g/mol. The van der Waals surface area contributed by atoms with Crippen LogP contribution < -0.4 is 5.32 Å². The van der Waals surface area contributed by atoms with Gasteiger partial charge in [-0.3, -0.25) is 19.3 Å². The minimum Gasteiger partial charge on any atom is -0.466 e. The molecule has 1 aliphatic carbocycles. The van der Waals surface area contributed by atoms with E-state index in [2.05, 4.69) is 16.8 Å². The topological polar surface area (TPSA) is 84.9 Å². The maximum absolute atomic E-state index is 12.5. The Morgan fingerprint density at radius 2 is 1.97 bits per heavy atom. The first kappa shape index (κ1) is 22.5. The largest absolute Gasteiger partial charge is 0.466 e. The van der Waals surface area contributed by atoms with E-state index in [4.69, 9.17) is 9.47 Å². The summed E-state index contributed by atoms with van der Waals surface area (Å²) in [6.07, 6.45) is 3.63. The molecule has 1 saturated carbocycles. The fraction of sp³-hybridized carbons (Fsp3) is 0.560. The third kappa shape index (κ3) is 4.72. The molecule has 1 N–H and O–H groups in total. The first-order valence-electron chi connectivity index (χ1n) is 11.5. The summed E-state index contributed by atoms with van der Waals surface area (Å²) in [5.41, 5.74) is 2.45. The average molecular weight is 441 g/mol. The molecule has 3 aliphatic rings. The van der Waals surface area contributed by atoms with Gasteiger partial charge in [-0.05, 0) is 69.8 Å². The number of nitrogens with one attached hydrogen (secondary N) is 1. The number of cyclic esters (lactones) is 1. The number of hydrogen-bond donors (Lipinski definition) is 1. The Morgan fingerprint density at radius 1 is 1.25 bits per heavy atom. The van der Waals surface area contributed by atoms with Gasteiger partial charge in [-0.2, -0.15) is 0 Å². The Balaban J connectivity index is 1.27. The van der Waals surface area contributed by atoms with Crippen molar-refractivity contribution in [1.29, 1.82) is 0 Å². The van der Waals surface area contributed by atoms with Crippen LogP contribution in [0.2, 0.25) is 0 Å². The minimum atomic E-state index is -0.475. The van der Waals surface area contributed by atoms with Crippen LogP contribution in [0.4, 0.5) is 5.69 Å². The zero-order valence-corrected chi connectivity index (χ0v) is 18.7. The smallest absolute Gasteiger partial charge is 0.313 e. The van der Waals surface area contributed by atoms with Gasteiger partial charge in [-0.25, -0.2) is 0 Å². The number of anilines is 1. The lowest BCUT2D eigenvalue weighted by atomic mass is 9.75. The van der Waals surface area contributed by atoms with Crippen LogP contribution in [0.15, 0.2) is 36.4 Å². The molecule has 3 fully saturated rings. The monoisotopic (exact) mass is 440 g/mol. The van der Waals surface area contributed by atoms with Gasteiger partial charge in [-0.1, -0.05) is 24.3 Å². The number of rotatable bonds is 7. The van der Waals surface area contributed by atoms with Crippen molar-refractivity contribution in [2.75, 3.05) is 38.2 Å². The van der Waals surface area contributed by atoms with Crippen molar-refractivity contribution >= 4 is 23.5 Å². The van der Waals surface area contributed by atoms with Crippen molar-refractivity contribution in [3.05, 3.63) is 42.0 Å². The lowest BCUT2D eigenvalue weighted by Crippen LogP contribution is -2.41. The van der Waals surface area contributed by atoms with Crippen LogP contribution in [0.25, 0.3) is 0 Å². The zero-order valence-electron chi connectivity index (χ0n) is 18.7. The van der Waals surface area contributed by atoms with Crippen molar-refractivity contribution < 1.29 is 23.9 Å². The highest BCUT2D eigenvalue weighted by Crippen LogP contribution is 2.52. The van der Waals surface area contributed by atoms with Gasteiger partial charge in [0.25, 0.3) is 0 Å². The summed E-state index contributed by atoms with van der Waals surface area (Å²) in [4.78, 5) is 38.9. The average Bonchev–Trinajstić information content (AvgIpc) is 3.24. The second kappa shape index (κ2) is 9.45. The van der Waals surface area contributed by atoms with Gasteiger partial charge >= 0.3 is 11.9 Å². The SMILES string of the molecule is C=C1CC2COC(=O)C2(Cc2ccc(NC(=O)CN3CCC(C(=O)OCC)CC3)cc2)C1. The van der Waals surface area contributed by atoms with Gasteiger partial charge in [0.2, 0.25) is 5.91 Å². The molecule has 2 saturated heterocycles. The molecule has 0 spiro atoms. The first-order chi connectivity index (χ1) is 15.4. The van der Waals surface area contributed by atoms with Gasteiger partial charge in [0.15, 0.2) is 0 Å². The van der Waals surface area contributed by atoms with Crippen molar-refractivity contribution in [3.63, 3.8) is 0 Å². The normalized spacial score (nSPS) is 26.0. The summed E-state index contributed by atoms with van der Waals surface area (Å²) >= 11 is 0. The summed E-state index contributed by atoms with van der Waals surface area (Å²) in [6.45, 7) is 8.52. The Hall–Kier alpha value is -2.67. The van der Waals surface area contributed by atoms with Crippen LogP contribution in [-0.4, -0.2) is 55.6 Å². The van der Waals surface area contributed by atoms with Crippen molar-refractivity contribution in [3.8, 4) is 0 Å². The number of piperidine rings is 1. The highest BCUT2D eigenvalue weighted by Gasteiger charge is 2.55. The molecule has 172 valence electrons. The lowest BCUT2D eigenvalue weighted by Gasteiger charge is -2.30. The van der Waals surface area contributed by atoms with E-state index in [0.29, 0.717) is 45.7 Å². The molecule has 0 bridgehead atoms. The van der Waals surface area contributed by atoms with Crippen molar-refractivity contribution in [1.82, 2.24) is 4.90 Å². The van der Waals surface area contributed by atoms with Crippen molar-refractivity contribution in [2.24, 2.45) is 17.3 Å². The third-order valence-electron chi connectivity index (χ3n) is 7.04. The number of nitrogens with zero attached hydrogens (tertiary/aromatic N) is 1. The van der Waals surface area contributed by atoms with Crippen LogP contribution in [0, 0.1) is 17.3 Å². The molecule has 2 heterocycles. The molecule has 2 aliphatic heterocycles. The summed E-state index contributed by atoms with van der Waals surface area (Å²) < 4.78 is 10.5. The summed E-state index contributed by atoms with van der Waals surface area (Å²) in [5, 5.41) is 2.95. The number of likely N-dealkylation sites (tertiary alicyclic amines) is 1. The number of benzene rings is 1. The first-order valence-corrected chi connectivity index (χ1v) is 11.5. The molecule has 2 unspecified atom stereocenters. The van der Waals surface area contributed by atoms with E-state index in [1.165, 1.54) is 0 Å². The molecule has 1 amide bonds. The molecule has 0 aromatic heterocycles. The number of carbonyl (C=O) groups excluding carboxylic acids is 3. The number of carbonyl (C=O) groups is 3. The van der Waals surface area contributed by atoms with Crippen LogP contribution in [0.3, 0.4) is 0 Å². The zero-order chi connectivity index (χ0) is 22.7. The summed E-state index contributed by atoms with van der Waals surface area (Å²) in [6, 6.07) is 7.71. The molecule has 2 atom stereocenters. The van der Waals surface area contributed by atoms with E-state index >= 15 is 0 Å². The number of hydrogen-bond acceptors (Lipinski definition) is 6. The molecule has 32 heavy (non-hydrogen) atoms. The molecule has 7 nitrogen and oxygen atoms in total. The Morgan fingerprint density at radius 3 is 2.66 bits per heavy atom. The quantitative estimate of drug-likeness (QED) is 0.518. The van der Waals surface area contributed by atoms with E-state index in [1.54, 1.807) is 0 Å². The molecule has 4 rings (SSSR count). The van der Waals surface area contributed by atoms with Crippen LogP contribution in [0.1, 0.15) is 38.2 Å². The summed E-state index contributed by atoms with van der Waals surface area (Å²) in [7, 11) is 0. The number of ether oxygens (including phenoxy) is 2. The van der Waals surface area contributed by atoms with E-state index in [0.717, 1.165) is 36.1 Å². The second-order valence-corrected chi connectivity index (χ2v) is 9.31. The van der Waals surface area contributed by atoms with Gasteiger partial charge in [0.05, 0.1) is 31.1 Å². The standard InChI is InChI=1S/C25H32N2O5/c1-3-31-23(29)19-8-10-27(11-9-19)15-22(28)26-21-6-4-18(5-7-21)14-25-13-17(2)12-20(25)16-32-24(25)30/h4-7,19-20H,2-3,8-16H2,1H3,(H,26,28). The van der Waals surface area contributed by atoms with E-state index in [9.17, 15) is 14.4 Å². The predicted molar refractivity (Wildman–Crippen MR) is 120 cm³/mol. The third-order valence-corrected chi connectivity index (χ3v) is 7.04. The van der Waals surface area contributed by atoms with Gasteiger partial charge < -0.3 is 14.8 Å². The number of esters is 2. The van der Waals surface area contributed by atoms with Gasteiger partial charge in [-0.15, -0.1) is 0 Å². The maximum Gasteiger partial charge on any atom is 0.313 e. The highest BCUT2D eigenvalue weighted by molar-refractivity contribution is 5.92. The number of amides is 1. The Labute approximate surface area is 189 Å². The van der Waals surface area contributed by atoms with Crippen LogP contribution in [0.5, 0.6) is 0 Å². The molecule has 7 heteroatoms. The van der Waals surface area contributed by atoms with Crippen molar-refractivity contribution in [2.45, 2.75) is 39.0 Å². The maximum atomic E-state index is 12.5. The lowest BCUT2D eigenvalue weighted by molar-refractivity contribution is -0.149. The number of allylic oxidation sites excluding steroid dienone is 1. The fourth-order valence-electron chi connectivity index (χ4n) is 5.32. The van der Waals surface area contributed by atoms with E-state index in [-0.39, 0.29) is 29.7 Å². The summed E-state index contributed by atoms with van der Waals surface area (Å²) in [5.74, 6) is -0.150. The molecule has 1 aromatic rings. The van der Waals surface area contributed by atoms with Crippen LogP contribution in [-0.2, 0) is 30.3 Å². The number of fused-ring (bicyclic) bond motifs is 1. The minimum absolute atomic E-state index is 0.0601. The van der Waals surface area contributed by atoms with E-state index in [1.807, 2.05) is 31.2 Å². The fourth-order valence-corrected chi connectivity index (χ4v) is 5.32. The Kier molecular flexibility index (Phi) is 6.65. The Bertz CT molecular complexity index is 888. The van der Waals surface area contributed by atoms with Gasteiger partial charge in [0, 0.05) is 11.6 Å². The molecule has 1 aromatic carbocycles. The molecular formula is C25H32N2O5. The van der Waals surface area contributed by atoms with Gasteiger partial charge in [0.1, 0.15) is 0 Å².